The van der Waals surface area contributed by atoms with E-state index in [0.717, 1.165) is 50.8 Å². The van der Waals surface area contributed by atoms with Gasteiger partial charge in [-0.2, -0.15) is 5.10 Å². The predicted molar refractivity (Wildman–Crippen MR) is 91.2 cm³/mol. The summed E-state index contributed by atoms with van der Waals surface area (Å²) in [6, 6.07) is 2.06. The van der Waals surface area contributed by atoms with E-state index in [9.17, 15) is 0 Å². The highest BCUT2D eigenvalue weighted by atomic mass is 16.5. The first-order valence-corrected chi connectivity index (χ1v) is 8.87. The molecule has 0 radical (unpaired) electrons. The molecule has 0 aromatic carbocycles. The van der Waals surface area contributed by atoms with Crippen LogP contribution in [0.1, 0.15) is 44.9 Å². The monoisotopic (exact) mass is 319 g/mol. The Morgan fingerprint density at radius 3 is 2.91 bits per heavy atom. The summed E-state index contributed by atoms with van der Waals surface area (Å²) in [6.45, 7) is 8.87. The standard InChI is InChI=1S/C17H29N5O/c1-3-22-15(4-8-20-22)16-14(7-11-23-16)12-19-17(18)21-9-5-13(2)6-10-21/h4,8,13-14,16H,3,5-7,9-12H2,1-2H3,(H2,18,19)/t14-,16+/m0/s1. The molecule has 2 N–H and O–H groups in total. The molecule has 2 saturated heterocycles. The van der Waals surface area contributed by atoms with Crippen molar-refractivity contribution < 1.29 is 4.74 Å². The molecular formula is C17H29N5O. The number of guanidine groups is 1. The van der Waals surface area contributed by atoms with Gasteiger partial charge in [-0.3, -0.25) is 9.67 Å². The molecule has 0 saturated carbocycles. The van der Waals surface area contributed by atoms with E-state index in [2.05, 4.69) is 34.9 Å². The Labute approximate surface area is 138 Å². The average Bonchev–Trinajstić information content (AvgIpc) is 3.21. The van der Waals surface area contributed by atoms with Crippen LogP contribution in [0.5, 0.6) is 0 Å². The Hall–Kier alpha value is -1.56. The zero-order valence-corrected chi connectivity index (χ0v) is 14.3. The van der Waals surface area contributed by atoms with Crippen molar-refractivity contribution in [1.29, 1.82) is 0 Å². The normalized spacial score (nSPS) is 26.9. The summed E-state index contributed by atoms with van der Waals surface area (Å²) >= 11 is 0. The molecule has 0 aliphatic carbocycles. The second-order valence-corrected chi connectivity index (χ2v) is 6.78. The molecule has 1 aromatic heterocycles. The summed E-state index contributed by atoms with van der Waals surface area (Å²) in [5, 5.41) is 4.36. The van der Waals surface area contributed by atoms with Gasteiger partial charge in [0, 0.05) is 44.9 Å². The number of aryl methyl sites for hydroxylation is 1. The van der Waals surface area contributed by atoms with Gasteiger partial charge in [0.1, 0.15) is 6.10 Å². The zero-order chi connectivity index (χ0) is 16.2. The number of ether oxygens (including phenoxy) is 1. The fourth-order valence-corrected chi connectivity index (χ4v) is 3.55. The van der Waals surface area contributed by atoms with Gasteiger partial charge in [-0.25, -0.2) is 0 Å². The third-order valence-electron chi connectivity index (χ3n) is 5.15. The molecule has 2 atom stereocenters. The predicted octanol–water partition coefficient (Wildman–Crippen LogP) is 2.03. The first-order valence-electron chi connectivity index (χ1n) is 8.87. The van der Waals surface area contributed by atoms with E-state index in [0.29, 0.717) is 11.9 Å². The fourth-order valence-electron chi connectivity index (χ4n) is 3.55. The Bertz CT molecular complexity index is 533. The Morgan fingerprint density at radius 1 is 1.39 bits per heavy atom. The molecule has 0 spiro atoms. The summed E-state index contributed by atoms with van der Waals surface area (Å²) in [4.78, 5) is 6.90. The van der Waals surface area contributed by atoms with E-state index >= 15 is 0 Å². The van der Waals surface area contributed by atoms with E-state index < -0.39 is 0 Å². The lowest BCUT2D eigenvalue weighted by atomic mass is 9.99. The number of piperidine rings is 1. The number of aliphatic imine (C=N–C) groups is 1. The Balaban J connectivity index is 1.61. The van der Waals surface area contributed by atoms with Crippen molar-refractivity contribution in [3.8, 4) is 0 Å². The molecular weight excluding hydrogens is 290 g/mol. The molecule has 3 rings (SSSR count). The molecule has 6 nitrogen and oxygen atoms in total. The first kappa shape index (κ1) is 16.3. The van der Waals surface area contributed by atoms with Crippen molar-refractivity contribution in [2.24, 2.45) is 22.6 Å². The lowest BCUT2D eigenvalue weighted by Gasteiger charge is -2.31. The minimum atomic E-state index is 0.0929. The van der Waals surface area contributed by atoms with Crippen LogP contribution >= 0.6 is 0 Å². The number of nitrogens with zero attached hydrogens (tertiary/aromatic N) is 4. The van der Waals surface area contributed by atoms with E-state index in [4.69, 9.17) is 10.5 Å². The van der Waals surface area contributed by atoms with Crippen molar-refractivity contribution in [3.05, 3.63) is 18.0 Å². The van der Waals surface area contributed by atoms with Gasteiger partial charge in [0.15, 0.2) is 5.96 Å². The van der Waals surface area contributed by atoms with Crippen molar-refractivity contribution in [2.45, 2.75) is 45.8 Å². The third kappa shape index (κ3) is 3.68. The summed E-state index contributed by atoms with van der Waals surface area (Å²) in [6.07, 6.45) is 5.40. The lowest BCUT2D eigenvalue weighted by molar-refractivity contribution is 0.0850. The maximum absolute atomic E-state index is 6.21. The Kier molecular flexibility index (Phi) is 5.20. The highest BCUT2D eigenvalue weighted by Gasteiger charge is 2.32. The maximum atomic E-state index is 6.21. The minimum absolute atomic E-state index is 0.0929. The van der Waals surface area contributed by atoms with E-state index in [1.807, 2.05) is 10.9 Å². The van der Waals surface area contributed by atoms with Crippen LogP contribution in [-0.2, 0) is 11.3 Å². The maximum Gasteiger partial charge on any atom is 0.191 e. The average molecular weight is 319 g/mol. The van der Waals surface area contributed by atoms with Gasteiger partial charge in [0.2, 0.25) is 0 Å². The van der Waals surface area contributed by atoms with E-state index in [1.165, 1.54) is 12.8 Å². The van der Waals surface area contributed by atoms with Crippen LogP contribution in [0.25, 0.3) is 0 Å². The molecule has 128 valence electrons. The van der Waals surface area contributed by atoms with Crippen LogP contribution in [0.2, 0.25) is 0 Å². The number of nitrogens with two attached hydrogens (primary N) is 1. The summed E-state index contributed by atoms with van der Waals surface area (Å²) in [7, 11) is 0. The molecule has 3 heterocycles. The number of hydrogen-bond acceptors (Lipinski definition) is 3. The van der Waals surface area contributed by atoms with Crippen molar-refractivity contribution in [1.82, 2.24) is 14.7 Å². The van der Waals surface area contributed by atoms with Crippen molar-refractivity contribution in [3.63, 3.8) is 0 Å². The zero-order valence-electron chi connectivity index (χ0n) is 14.3. The van der Waals surface area contributed by atoms with Crippen LogP contribution in [-0.4, -0.2) is 46.9 Å². The first-order chi connectivity index (χ1) is 11.2. The topological polar surface area (TPSA) is 68.7 Å². The minimum Gasteiger partial charge on any atom is -0.372 e. The number of likely N-dealkylation sites (tertiary alicyclic amines) is 1. The van der Waals surface area contributed by atoms with E-state index in [1.54, 1.807) is 0 Å². The van der Waals surface area contributed by atoms with Crippen LogP contribution < -0.4 is 5.73 Å². The summed E-state index contributed by atoms with van der Waals surface area (Å²) in [5.41, 5.74) is 7.37. The highest BCUT2D eigenvalue weighted by Crippen LogP contribution is 2.34. The quantitative estimate of drug-likeness (QED) is 0.681. The second kappa shape index (κ2) is 7.34. The number of aromatic nitrogens is 2. The lowest BCUT2D eigenvalue weighted by Crippen LogP contribution is -2.42. The second-order valence-electron chi connectivity index (χ2n) is 6.78. The molecule has 0 bridgehead atoms. The number of rotatable bonds is 4. The van der Waals surface area contributed by atoms with Crippen LogP contribution in [0.4, 0.5) is 0 Å². The van der Waals surface area contributed by atoms with Gasteiger partial charge in [-0.05, 0) is 38.2 Å². The number of hydrogen-bond donors (Lipinski definition) is 1. The molecule has 6 heteroatoms. The van der Waals surface area contributed by atoms with Gasteiger partial charge in [0.05, 0.1) is 5.69 Å². The fraction of sp³-hybridized carbons (Fsp3) is 0.765. The SMILES string of the molecule is CCn1nccc1[C@@H]1OCC[C@H]1CN=C(N)N1CCC(C)CC1. The van der Waals surface area contributed by atoms with Crippen molar-refractivity contribution in [2.75, 3.05) is 26.2 Å². The van der Waals surface area contributed by atoms with Crippen LogP contribution in [0.3, 0.4) is 0 Å². The largest absolute Gasteiger partial charge is 0.372 e. The van der Waals surface area contributed by atoms with Gasteiger partial charge in [-0.1, -0.05) is 6.92 Å². The van der Waals surface area contributed by atoms with Crippen molar-refractivity contribution >= 4 is 5.96 Å². The van der Waals surface area contributed by atoms with Gasteiger partial charge in [-0.15, -0.1) is 0 Å². The molecule has 2 aliphatic rings. The highest BCUT2D eigenvalue weighted by molar-refractivity contribution is 5.78. The van der Waals surface area contributed by atoms with Crippen LogP contribution in [0.15, 0.2) is 17.3 Å². The molecule has 0 amide bonds. The smallest absolute Gasteiger partial charge is 0.191 e. The van der Waals surface area contributed by atoms with Crippen LogP contribution in [0, 0.1) is 11.8 Å². The summed E-state index contributed by atoms with van der Waals surface area (Å²) < 4.78 is 7.98. The van der Waals surface area contributed by atoms with Gasteiger partial charge >= 0.3 is 0 Å². The molecule has 1 aromatic rings. The molecule has 23 heavy (non-hydrogen) atoms. The molecule has 2 aliphatic heterocycles. The van der Waals surface area contributed by atoms with Gasteiger partial charge in [0.25, 0.3) is 0 Å². The van der Waals surface area contributed by atoms with Gasteiger partial charge < -0.3 is 15.4 Å². The van der Waals surface area contributed by atoms with E-state index in [-0.39, 0.29) is 6.10 Å². The Morgan fingerprint density at radius 2 is 2.17 bits per heavy atom. The summed E-state index contributed by atoms with van der Waals surface area (Å²) in [5.74, 6) is 1.90. The third-order valence-corrected chi connectivity index (χ3v) is 5.15. The molecule has 2 fully saturated rings. The molecule has 0 unspecified atom stereocenters.